The molecule has 1 aromatic heterocycles. The number of anilines is 1. The molecule has 1 heterocycles. The number of hydrogen-bond donors (Lipinski definition) is 4. The Labute approximate surface area is 116 Å². The van der Waals surface area contributed by atoms with Gasteiger partial charge in [-0.15, -0.1) is 0 Å². The van der Waals surface area contributed by atoms with Crippen LogP contribution < -0.4 is 10.6 Å². The Morgan fingerprint density at radius 2 is 2.00 bits per heavy atom. The summed E-state index contributed by atoms with van der Waals surface area (Å²) < 4.78 is 36.8. The van der Waals surface area contributed by atoms with Crippen molar-refractivity contribution < 1.29 is 33.0 Å². The molecule has 0 aliphatic heterocycles. The zero-order valence-corrected chi connectivity index (χ0v) is 10.5. The normalized spacial score (nSPS) is 12.6. The minimum absolute atomic E-state index is 0.0337. The third kappa shape index (κ3) is 5.26. The Bertz CT molecular complexity index is 504. The molecule has 10 heteroatoms. The highest BCUT2D eigenvalue weighted by Gasteiger charge is 2.32. The van der Waals surface area contributed by atoms with Crippen LogP contribution in [0.1, 0.15) is 12.1 Å². The number of pyridine rings is 1. The van der Waals surface area contributed by atoms with E-state index in [0.29, 0.717) is 6.07 Å². The van der Waals surface area contributed by atoms with Crippen molar-refractivity contribution in [3.63, 3.8) is 0 Å². The standard InChI is InChI=1S/C11H12F3N3O4/c12-11(13,14)8-2-1-6(5-15-8)16-10(21)17-7(3-4-18)9(19)20/h1-2,5,7,18H,3-4H2,(H,19,20)(H2,16,17,21)/t7-/m0/s1. The molecule has 0 saturated carbocycles. The lowest BCUT2D eigenvalue weighted by molar-refractivity contribution is -0.141. The highest BCUT2D eigenvalue weighted by molar-refractivity contribution is 5.92. The number of carbonyl (C=O) groups is 2. The van der Waals surface area contributed by atoms with Crippen molar-refractivity contribution in [2.75, 3.05) is 11.9 Å². The Hall–Kier alpha value is -2.36. The van der Waals surface area contributed by atoms with Gasteiger partial charge in [0.1, 0.15) is 11.7 Å². The fraction of sp³-hybridized carbons (Fsp3) is 0.364. The second kappa shape index (κ2) is 6.88. The van der Waals surface area contributed by atoms with Crippen molar-refractivity contribution in [3.8, 4) is 0 Å². The minimum atomic E-state index is -4.59. The predicted molar refractivity (Wildman–Crippen MR) is 64.5 cm³/mol. The molecule has 0 saturated heterocycles. The van der Waals surface area contributed by atoms with Crippen LogP contribution in [0, 0.1) is 0 Å². The molecule has 0 aromatic carbocycles. The second-order valence-electron chi connectivity index (χ2n) is 3.93. The molecule has 0 aliphatic carbocycles. The number of carboxylic acids is 1. The van der Waals surface area contributed by atoms with Gasteiger partial charge >= 0.3 is 18.2 Å². The summed E-state index contributed by atoms with van der Waals surface area (Å²) in [6.07, 6.45) is -3.99. The summed E-state index contributed by atoms with van der Waals surface area (Å²) in [5, 5.41) is 21.6. The molecule has 0 bridgehead atoms. The molecular weight excluding hydrogens is 295 g/mol. The number of urea groups is 1. The number of halogens is 3. The summed E-state index contributed by atoms with van der Waals surface area (Å²) in [5.41, 5.74) is -1.15. The number of alkyl halides is 3. The van der Waals surface area contributed by atoms with Crippen LogP contribution in [0.2, 0.25) is 0 Å². The molecule has 4 N–H and O–H groups in total. The van der Waals surface area contributed by atoms with Gasteiger partial charge in [0, 0.05) is 13.0 Å². The van der Waals surface area contributed by atoms with E-state index >= 15 is 0 Å². The molecule has 0 radical (unpaired) electrons. The van der Waals surface area contributed by atoms with Crippen LogP contribution in [0.25, 0.3) is 0 Å². The monoisotopic (exact) mass is 307 g/mol. The van der Waals surface area contributed by atoms with Gasteiger partial charge in [0.2, 0.25) is 0 Å². The van der Waals surface area contributed by atoms with Crippen molar-refractivity contribution in [2.45, 2.75) is 18.6 Å². The van der Waals surface area contributed by atoms with Gasteiger partial charge < -0.3 is 20.8 Å². The summed E-state index contributed by atoms with van der Waals surface area (Å²) >= 11 is 0. The average Bonchev–Trinajstić information content (AvgIpc) is 2.37. The largest absolute Gasteiger partial charge is 0.480 e. The lowest BCUT2D eigenvalue weighted by Gasteiger charge is -2.14. The second-order valence-corrected chi connectivity index (χ2v) is 3.93. The highest BCUT2D eigenvalue weighted by atomic mass is 19.4. The number of aliphatic hydroxyl groups excluding tert-OH is 1. The van der Waals surface area contributed by atoms with Crippen LogP contribution in [0.5, 0.6) is 0 Å². The van der Waals surface area contributed by atoms with Crippen LogP contribution in [0.3, 0.4) is 0 Å². The van der Waals surface area contributed by atoms with Gasteiger partial charge in [0.05, 0.1) is 11.9 Å². The topological polar surface area (TPSA) is 112 Å². The Balaban J connectivity index is 2.64. The molecule has 1 atom stereocenters. The number of rotatable bonds is 5. The lowest BCUT2D eigenvalue weighted by atomic mass is 10.2. The number of aromatic nitrogens is 1. The molecule has 1 rings (SSSR count). The van der Waals surface area contributed by atoms with Gasteiger partial charge in [0.25, 0.3) is 0 Å². The van der Waals surface area contributed by atoms with Crippen LogP contribution in [0.4, 0.5) is 23.7 Å². The van der Waals surface area contributed by atoms with E-state index in [1.807, 2.05) is 0 Å². The van der Waals surface area contributed by atoms with Gasteiger partial charge in [-0.2, -0.15) is 13.2 Å². The van der Waals surface area contributed by atoms with Crippen LogP contribution in [0.15, 0.2) is 18.3 Å². The zero-order valence-electron chi connectivity index (χ0n) is 10.5. The van der Waals surface area contributed by atoms with E-state index in [-0.39, 0.29) is 12.1 Å². The SMILES string of the molecule is O=C(Nc1ccc(C(F)(F)F)nc1)N[C@@H](CCO)C(=O)O. The fourth-order valence-electron chi connectivity index (χ4n) is 1.35. The molecule has 21 heavy (non-hydrogen) atoms. The first-order valence-electron chi connectivity index (χ1n) is 5.68. The van der Waals surface area contributed by atoms with E-state index in [0.717, 1.165) is 12.3 Å². The Kier molecular flexibility index (Phi) is 5.47. The summed E-state index contributed by atoms with van der Waals surface area (Å²) in [4.78, 5) is 25.3. The van der Waals surface area contributed by atoms with Crippen molar-refractivity contribution in [3.05, 3.63) is 24.0 Å². The maximum absolute atomic E-state index is 12.3. The lowest BCUT2D eigenvalue weighted by Crippen LogP contribution is -2.43. The minimum Gasteiger partial charge on any atom is -0.480 e. The first-order chi connectivity index (χ1) is 9.74. The first kappa shape index (κ1) is 16.7. The number of aliphatic carboxylic acids is 1. The average molecular weight is 307 g/mol. The van der Waals surface area contributed by atoms with Crippen LogP contribution in [-0.2, 0) is 11.0 Å². The van der Waals surface area contributed by atoms with E-state index in [9.17, 15) is 22.8 Å². The van der Waals surface area contributed by atoms with E-state index in [1.165, 1.54) is 0 Å². The molecule has 7 nitrogen and oxygen atoms in total. The Morgan fingerprint density at radius 3 is 2.43 bits per heavy atom. The third-order valence-electron chi connectivity index (χ3n) is 2.33. The molecule has 0 aliphatic rings. The molecule has 0 fully saturated rings. The number of aliphatic hydroxyl groups is 1. The number of nitrogens with zero attached hydrogens (tertiary/aromatic N) is 1. The first-order valence-corrected chi connectivity index (χ1v) is 5.68. The molecule has 1 aromatic rings. The summed E-state index contributed by atoms with van der Waals surface area (Å²) in [5.74, 6) is -1.34. The van der Waals surface area contributed by atoms with Crippen LogP contribution >= 0.6 is 0 Å². The number of carbonyl (C=O) groups excluding carboxylic acids is 1. The molecule has 0 spiro atoms. The number of nitrogens with one attached hydrogen (secondary N) is 2. The molecule has 116 valence electrons. The quantitative estimate of drug-likeness (QED) is 0.650. The van der Waals surface area contributed by atoms with Crippen molar-refractivity contribution in [1.82, 2.24) is 10.3 Å². The van der Waals surface area contributed by atoms with Crippen molar-refractivity contribution >= 4 is 17.7 Å². The zero-order chi connectivity index (χ0) is 16.0. The van der Waals surface area contributed by atoms with E-state index in [4.69, 9.17) is 10.2 Å². The summed E-state index contributed by atoms with van der Waals surface area (Å²) in [6.45, 7) is -0.445. The number of hydrogen-bond acceptors (Lipinski definition) is 4. The van der Waals surface area contributed by atoms with Crippen molar-refractivity contribution in [1.29, 1.82) is 0 Å². The fourth-order valence-corrected chi connectivity index (χ4v) is 1.35. The predicted octanol–water partition coefficient (Wildman–Crippen LogP) is 1.06. The third-order valence-corrected chi connectivity index (χ3v) is 2.33. The summed E-state index contributed by atoms with van der Waals surface area (Å²) in [7, 11) is 0. The van der Waals surface area contributed by atoms with Gasteiger partial charge in [-0.25, -0.2) is 14.6 Å². The smallest absolute Gasteiger partial charge is 0.433 e. The highest BCUT2D eigenvalue weighted by Crippen LogP contribution is 2.27. The maximum atomic E-state index is 12.3. The van der Waals surface area contributed by atoms with Gasteiger partial charge in [-0.3, -0.25) is 0 Å². The van der Waals surface area contributed by atoms with Crippen LogP contribution in [-0.4, -0.2) is 39.8 Å². The van der Waals surface area contributed by atoms with Gasteiger partial charge in [-0.1, -0.05) is 0 Å². The van der Waals surface area contributed by atoms with Gasteiger partial charge in [0.15, 0.2) is 0 Å². The molecular formula is C11H12F3N3O4. The van der Waals surface area contributed by atoms with Crippen molar-refractivity contribution in [2.24, 2.45) is 0 Å². The maximum Gasteiger partial charge on any atom is 0.433 e. The summed E-state index contributed by atoms with van der Waals surface area (Å²) in [6, 6.07) is -0.579. The van der Waals surface area contributed by atoms with Gasteiger partial charge in [-0.05, 0) is 12.1 Å². The van der Waals surface area contributed by atoms with E-state index < -0.39 is 36.5 Å². The number of carboxylic acid groups (broad SMARTS) is 1. The van der Waals surface area contributed by atoms with E-state index in [1.54, 1.807) is 0 Å². The molecule has 2 amide bonds. The number of amides is 2. The molecule has 0 unspecified atom stereocenters. The van der Waals surface area contributed by atoms with E-state index in [2.05, 4.69) is 15.6 Å². The Morgan fingerprint density at radius 1 is 1.33 bits per heavy atom.